The Morgan fingerprint density at radius 3 is 2.30 bits per heavy atom. The molecule has 1 amide bonds. The average molecular weight is 336 g/mol. The summed E-state index contributed by atoms with van der Waals surface area (Å²) < 4.78 is 5.14. The zero-order valence-electron chi connectivity index (χ0n) is 14.1. The molecule has 6 heteroatoms. The maximum atomic E-state index is 11.8. The molecule has 0 aliphatic heterocycles. The van der Waals surface area contributed by atoms with E-state index in [2.05, 4.69) is 10.6 Å². The molecule has 0 radical (unpaired) electrons. The highest BCUT2D eigenvalue weighted by Crippen LogP contribution is 2.14. The zero-order chi connectivity index (χ0) is 17.5. The standard InChI is InChI=1S/C17H24N2O3S/c1-5-6-11-22-14(20)12-7-9-13(10-8-12)18-16(23)19-15(21)17(2,3)4/h7-10H,5-6,11H2,1-4H3,(H2,18,19,21,23). The Labute approximate surface area is 142 Å². The topological polar surface area (TPSA) is 67.4 Å². The number of esters is 1. The molecule has 0 bridgehead atoms. The molecule has 126 valence electrons. The van der Waals surface area contributed by atoms with Crippen LogP contribution in [0.3, 0.4) is 0 Å². The number of anilines is 1. The predicted molar refractivity (Wildman–Crippen MR) is 95.5 cm³/mol. The summed E-state index contributed by atoms with van der Waals surface area (Å²) in [6.45, 7) is 7.89. The highest BCUT2D eigenvalue weighted by Gasteiger charge is 2.21. The van der Waals surface area contributed by atoms with Gasteiger partial charge in [0.05, 0.1) is 12.2 Å². The Morgan fingerprint density at radius 1 is 1.17 bits per heavy atom. The van der Waals surface area contributed by atoms with Gasteiger partial charge in [-0.15, -0.1) is 0 Å². The summed E-state index contributed by atoms with van der Waals surface area (Å²) in [5.41, 5.74) is 0.656. The summed E-state index contributed by atoms with van der Waals surface area (Å²) in [5, 5.41) is 5.77. The van der Waals surface area contributed by atoms with Crippen LogP contribution in [0.15, 0.2) is 24.3 Å². The van der Waals surface area contributed by atoms with Crippen LogP contribution in [0.4, 0.5) is 5.69 Å². The number of carbonyl (C=O) groups is 2. The third-order valence-electron chi connectivity index (χ3n) is 3.02. The molecule has 1 rings (SSSR count). The molecule has 1 aromatic rings. The molecule has 0 saturated heterocycles. The van der Waals surface area contributed by atoms with Gasteiger partial charge in [0.2, 0.25) is 5.91 Å². The smallest absolute Gasteiger partial charge is 0.338 e. The molecule has 0 heterocycles. The van der Waals surface area contributed by atoms with Gasteiger partial charge in [-0.25, -0.2) is 4.79 Å². The van der Waals surface area contributed by atoms with E-state index < -0.39 is 5.41 Å². The van der Waals surface area contributed by atoms with E-state index in [0.717, 1.165) is 12.8 Å². The maximum absolute atomic E-state index is 11.8. The minimum atomic E-state index is -0.516. The first-order valence-electron chi connectivity index (χ1n) is 7.63. The third kappa shape index (κ3) is 6.78. The molecule has 0 aliphatic rings. The van der Waals surface area contributed by atoms with Crippen molar-refractivity contribution in [2.24, 2.45) is 5.41 Å². The minimum absolute atomic E-state index is 0.161. The number of ether oxygens (including phenoxy) is 1. The molecule has 1 aromatic carbocycles. The lowest BCUT2D eigenvalue weighted by Gasteiger charge is -2.18. The van der Waals surface area contributed by atoms with Gasteiger partial charge < -0.3 is 15.4 Å². The highest BCUT2D eigenvalue weighted by atomic mass is 32.1. The van der Waals surface area contributed by atoms with Gasteiger partial charge in [0.25, 0.3) is 0 Å². The van der Waals surface area contributed by atoms with E-state index in [9.17, 15) is 9.59 Å². The molecular weight excluding hydrogens is 312 g/mol. The van der Waals surface area contributed by atoms with Crippen molar-refractivity contribution in [3.8, 4) is 0 Å². The van der Waals surface area contributed by atoms with Crippen LogP contribution in [-0.4, -0.2) is 23.6 Å². The van der Waals surface area contributed by atoms with Crippen molar-refractivity contribution in [2.45, 2.75) is 40.5 Å². The monoisotopic (exact) mass is 336 g/mol. The number of amides is 1. The normalized spacial score (nSPS) is 10.8. The van der Waals surface area contributed by atoms with Crippen LogP contribution in [0.5, 0.6) is 0 Å². The van der Waals surface area contributed by atoms with Crippen LogP contribution in [0.25, 0.3) is 0 Å². The fourth-order valence-corrected chi connectivity index (χ4v) is 1.75. The first kappa shape index (κ1) is 19.1. The fourth-order valence-electron chi connectivity index (χ4n) is 1.54. The van der Waals surface area contributed by atoms with Crippen molar-refractivity contribution in [2.75, 3.05) is 11.9 Å². The molecule has 0 fully saturated rings. The number of nitrogens with one attached hydrogen (secondary N) is 2. The first-order chi connectivity index (χ1) is 10.7. The Hall–Kier alpha value is -1.95. The van der Waals surface area contributed by atoms with Crippen molar-refractivity contribution >= 4 is 34.9 Å². The van der Waals surface area contributed by atoms with Crippen LogP contribution in [0.1, 0.15) is 50.9 Å². The fraction of sp³-hybridized carbons (Fsp3) is 0.471. The molecule has 0 atom stereocenters. The molecule has 0 saturated carbocycles. The van der Waals surface area contributed by atoms with Gasteiger partial charge >= 0.3 is 5.97 Å². The second-order valence-electron chi connectivity index (χ2n) is 6.23. The van der Waals surface area contributed by atoms with Crippen LogP contribution in [-0.2, 0) is 9.53 Å². The van der Waals surface area contributed by atoms with Crippen LogP contribution in [0, 0.1) is 5.41 Å². The summed E-state index contributed by atoms with van der Waals surface area (Å²) in [6.07, 6.45) is 1.83. The van der Waals surface area contributed by atoms with Gasteiger partial charge in [0, 0.05) is 11.1 Å². The van der Waals surface area contributed by atoms with Gasteiger partial charge in [-0.1, -0.05) is 34.1 Å². The van der Waals surface area contributed by atoms with Gasteiger partial charge in [0.1, 0.15) is 0 Å². The van der Waals surface area contributed by atoms with Crippen LogP contribution in [0.2, 0.25) is 0 Å². The van der Waals surface area contributed by atoms with E-state index in [-0.39, 0.29) is 17.0 Å². The Kier molecular flexibility index (Phi) is 7.16. The lowest BCUT2D eigenvalue weighted by atomic mass is 9.96. The Balaban J connectivity index is 2.55. The van der Waals surface area contributed by atoms with Gasteiger partial charge in [0.15, 0.2) is 5.11 Å². The van der Waals surface area contributed by atoms with E-state index >= 15 is 0 Å². The van der Waals surface area contributed by atoms with E-state index in [1.807, 2.05) is 27.7 Å². The molecule has 0 spiro atoms. The third-order valence-corrected chi connectivity index (χ3v) is 3.22. The minimum Gasteiger partial charge on any atom is -0.462 e. The number of rotatable bonds is 5. The summed E-state index contributed by atoms with van der Waals surface area (Å²) in [7, 11) is 0. The van der Waals surface area contributed by atoms with Crippen LogP contribution < -0.4 is 10.6 Å². The van der Waals surface area contributed by atoms with Crippen molar-refractivity contribution in [1.29, 1.82) is 0 Å². The van der Waals surface area contributed by atoms with Crippen molar-refractivity contribution in [3.63, 3.8) is 0 Å². The molecular formula is C17H24N2O3S. The van der Waals surface area contributed by atoms with E-state index in [1.54, 1.807) is 24.3 Å². The number of hydrogen-bond donors (Lipinski definition) is 2. The van der Waals surface area contributed by atoms with E-state index in [0.29, 0.717) is 17.9 Å². The molecule has 2 N–H and O–H groups in total. The van der Waals surface area contributed by atoms with Crippen LogP contribution >= 0.6 is 12.2 Å². The van der Waals surface area contributed by atoms with E-state index in [1.165, 1.54) is 0 Å². The van der Waals surface area contributed by atoms with Gasteiger partial charge in [-0.2, -0.15) is 0 Å². The van der Waals surface area contributed by atoms with Gasteiger partial charge in [-0.3, -0.25) is 4.79 Å². The predicted octanol–water partition coefficient (Wildman–Crippen LogP) is 3.50. The SMILES string of the molecule is CCCCOC(=O)c1ccc(NC(=S)NC(=O)C(C)(C)C)cc1. The molecule has 0 aromatic heterocycles. The number of hydrogen-bond acceptors (Lipinski definition) is 4. The Morgan fingerprint density at radius 2 is 1.78 bits per heavy atom. The maximum Gasteiger partial charge on any atom is 0.338 e. The summed E-state index contributed by atoms with van der Waals surface area (Å²) in [6, 6.07) is 6.74. The average Bonchev–Trinajstić information content (AvgIpc) is 2.47. The second-order valence-corrected chi connectivity index (χ2v) is 6.63. The van der Waals surface area contributed by atoms with Crippen molar-refractivity contribution < 1.29 is 14.3 Å². The number of carbonyl (C=O) groups excluding carboxylic acids is 2. The zero-order valence-corrected chi connectivity index (χ0v) is 14.9. The summed E-state index contributed by atoms with van der Waals surface area (Å²) >= 11 is 5.10. The Bertz CT molecular complexity index is 562. The molecule has 0 unspecified atom stereocenters. The second kappa shape index (κ2) is 8.62. The number of unbranched alkanes of at least 4 members (excludes halogenated alkanes) is 1. The lowest BCUT2D eigenvalue weighted by molar-refractivity contribution is -0.126. The summed E-state index contributed by atoms with van der Waals surface area (Å²) in [4.78, 5) is 23.6. The van der Waals surface area contributed by atoms with E-state index in [4.69, 9.17) is 17.0 Å². The lowest BCUT2D eigenvalue weighted by Crippen LogP contribution is -2.41. The molecule has 23 heavy (non-hydrogen) atoms. The summed E-state index contributed by atoms with van der Waals surface area (Å²) in [5.74, 6) is -0.500. The van der Waals surface area contributed by atoms with Crippen molar-refractivity contribution in [3.05, 3.63) is 29.8 Å². The van der Waals surface area contributed by atoms with Crippen molar-refractivity contribution in [1.82, 2.24) is 5.32 Å². The number of thiocarbonyl (C=S) groups is 1. The molecule has 5 nitrogen and oxygen atoms in total. The highest BCUT2D eigenvalue weighted by molar-refractivity contribution is 7.80. The quantitative estimate of drug-likeness (QED) is 0.489. The number of benzene rings is 1. The van der Waals surface area contributed by atoms with Gasteiger partial charge in [-0.05, 0) is 42.9 Å². The largest absolute Gasteiger partial charge is 0.462 e. The first-order valence-corrected chi connectivity index (χ1v) is 8.04. The molecule has 0 aliphatic carbocycles.